The van der Waals surface area contributed by atoms with Crippen molar-refractivity contribution in [2.75, 3.05) is 53.3 Å². The minimum absolute atomic E-state index is 0.0811. The number of nitrogens with one attached hydrogen (secondary N) is 7. The van der Waals surface area contributed by atoms with Crippen LogP contribution in [0.25, 0.3) is 0 Å². The van der Waals surface area contributed by atoms with E-state index >= 15 is 0 Å². The number of urea groups is 1. The van der Waals surface area contributed by atoms with E-state index < -0.39 is 125 Å². The Labute approximate surface area is 584 Å². The molecule has 0 spiro atoms. The van der Waals surface area contributed by atoms with Gasteiger partial charge in [-0.1, -0.05) is 118 Å². The van der Waals surface area contributed by atoms with Gasteiger partial charge in [-0.25, -0.2) is 9.59 Å². The number of primary amides is 1. The molecule has 2 aliphatic rings. The molecule has 0 aliphatic carbocycles. The fourth-order valence-corrected chi connectivity index (χ4v) is 12.5. The zero-order valence-electron chi connectivity index (χ0n) is 61.0. The Balaban J connectivity index is 1.39. The van der Waals surface area contributed by atoms with E-state index in [9.17, 15) is 57.5 Å². The number of amides is 13. The lowest BCUT2D eigenvalue weighted by atomic mass is 9.89. The molecule has 1 fully saturated rings. The van der Waals surface area contributed by atoms with Crippen molar-refractivity contribution < 1.29 is 71.7 Å². The number of benzene rings is 2. The second-order valence-corrected chi connectivity index (χ2v) is 28.1. The number of nitrogens with zero attached hydrogens (tertiary/aromatic N) is 4. The number of likely N-dealkylation sites (N-methyl/N-ethyl adjacent to an activating group) is 2. The van der Waals surface area contributed by atoms with Gasteiger partial charge in [0, 0.05) is 84.2 Å². The molecule has 0 radical (unpaired) electrons. The van der Waals surface area contributed by atoms with Crippen LogP contribution in [-0.2, 0) is 75.2 Å². The van der Waals surface area contributed by atoms with Gasteiger partial charge in [0.15, 0.2) is 0 Å². The fraction of sp³-hybridized carbons (Fsp3) is 0.639. The lowest BCUT2D eigenvalue weighted by Gasteiger charge is -2.41. The third kappa shape index (κ3) is 25.7. The highest BCUT2D eigenvalue weighted by atomic mass is 16.6. The molecular formula is C72H112N12O15. The van der Waals surface area contributed by atoms with Crippen LogP contribution >= 0.6 is 0 Å². The maximum absolute atomic E-state index is 14.9. The highest BCUT2D eigenvalue weighted by Crippen LogP contribution is 2.30. The molecule has 0 saturated carbocycles. The van der Waals surface area contributed by atoms with E-state index in [1.807, 2.05) is 65.0 Å². The van der Waals surface area contributed by atoms with Gasteiger partial charge in [0.1, 0.15) is 36.8 Å². The monoisotopic (exact) mass is 1380 g/mol. The standard InChI is InChI=1S/C72H112N12O15/c1-17-46(8)62(54(97-15)41-58(88)83-39-25-29-53(83)63(98-16)47(9)64(89)77-52(66(91)80-72(10,11)12)40-48-26-20-18-21-27-48)81(13)69(94)60(44(4)5)79-68(93)61(45(6)7)82(14)71(96)99-42-49-31-33-50(34-32-49)75-65(90)51(28-24-37-74-70(73)95)76-67(92)59(43(2)3)78-55(85)30-22-19-23-38-84-56(86)35-36-57(84)87/h18,20-21,26-27,31-36,43-47,51-54,59-63H,17,19,22-25,28-30,37-42H2,1-16H3,(H,75,90)(H,76,92)(H,77,89)(H,78,85)(H,79,93)(H,80,91)(H3,73,74,95)/t46-,47+,51-,52-,53-,54+,59?,60-,61-,62-,63+/m0/s1. The summed E-state index contributed by atoms with van der Waals surface area (Å²) in [6, 6.07) is 8.72. The van der Waals surface area contributed by atoms with Crippen LogP contribution < -0.4 is 43.0 Å². The van der Waals surface area contributed by atoms with Gasteiger partial charge in [-0.2, -0.15) is 0 Å². The first-order chi connectivity index (χ1) is 46.6. The molecule has 2 heterocycles. The van der Waals surface area contributed by atoms with Crippen LogP contribution in [0.3, 0.4) is 0 Å². The minimum atomic E-state index is -1.12. The molecule has 11 atom stereocenters. The fourth-order valence-electron chi connectivity index (χ4n) is 12.5. The maximum atomic E-state index is 14.9. The first-order valence-corrected chi connectivity index (χ1v) is 34.7. The topological polar surface area (TPSA) is 356 Å². The second-order valence-electron chi connectivity index (χ2n) is 28.1. The van der Waals surface area contributed by atoms with Crippen LogP contribution in [-0.4, -0.2) is 199 Å². The van der Waals surface area contributed by atoms with Crippen molar-refractivity contribution in [3.8, 4) is 0 Å². The molecule has 27 nitrogen and oxygen atoms in total. The van der Waals surface area contributed by atoms with Crippen LogP contribution in [0.4, 0.5) is 15.3 Å². The van der Waals surface area contributed by atoms with Crippen LogP contribution in [0.5, 0.6) is 0 Å². The van der Waals surface area contributed by atoms with Gasteiger partial charge < -0.3 is 67.0 Å². The third-order valence-electron chi connectivity index (χ3n) is 18.1. The molecule has 1 saturated heterocycles. The highest BCUT2D eigenvalue weighted by Gasteiger charge is 2.44. The second kappa shape index (κ2) is 40.0. The van der Waals surface area contributed by atoms with Crippen LogP contribution in [0.15, 0.2) is 66.7 Å². The van der Waals surface area contributed by atoms with Crippen molar-refractivity contribution in [1.29, 1.82) is 0 Å². The number of carbonyl (C=O) groups excluding carboxylic acids is 12. The van der Waals surface area contributed by atoms with Gasteiger partial charge in [0.2, 0.25) is 47.3 Å². The summed E-state index contributed by atoms with van der Waals surface area (Å²) in [6.07, 6.45) is 3.94. The molecular weight excluding hydrogens is 1270 g/mol. The summed E-state index contributed by atoms with van der Waals surface area (Å²) in [6.45, 7) is 22.4. The largest absolute Gasteiger partial charge is 0.445 e. The Hall–Kier alpha value is -8.46. The zero-order chi connectivity index (χ0) is 74.0. The predicted octanol–water partition coefficient (Wildman–Crippen LogP) is 5.48. The SMILES string of the molecule is CC[C@H](C)[C@@H]([C@@H](CC(=O)N1CCC[C@H]1[C@H](OC)[C@@H](C)C(=O)N[C@@H](Cc1ccccc1)C(=O)NC(C)(C)C)OC)N(C)C(=O)[C@@H](NC(=O)[C@H](C(C)C)N(C)C(=O)OCc1ccc(NC(=O)[C@H](CCCNC(N)=O)NC(=O)C(NC(=O)CCCCCN2C(=O)C=CC2=O)C(C)C)cc1)C(C)C. The summed E-state index contributed by atoms with van der Waals surface area (Å²) < 4.78 is 17.9. The van der Waals surface area contributed by atoms with Gasteiger partial charge >= 0.3 is 12.1 Å². The minimum Gasteiger partial charge on any atom is -0.445 e. The van der Waals surface area contributed by atoms with Gasteiger partial charge in [0.05, 0.1) is 36.6 Å². The molecule has 9 N–H and O–H groups in total. The molecule has 550 valence electrons. The van der Waals surface area contributed by atoms with E-state index in [-0.39, 0.29) is 87.3 Å². The molecule has 0 bridgehead atoms. The van der Waals surface area contributed by atoms with Crippen molar-refractivity contribution in [1.82, 2.24) is 51.5 Å². The van der Waals surface area contributed by atoms with Gasteiger partial charge in [-0.3, -0.25) is 57.7 Å². The molecule has 4 rings (SSSR count). The maximum Gasteiger partial charge on any atom is 0.410 e. The number of ether oxygens (including phenoxy) is 3. The quantitative estimate of drug-likeness (QED) is 0.0303. The molecule has 13 amide bonds. The van der Waals surface area contributed by atoms with E-state index in [0.717, 1.165) is 10.5 Å². The van der Waals surface area contributed by atoms with Crippen LogP contribution in [0.1, 0.15) is 158 Å². The molecule has 2 aliphatic heterocycles. The number of likely N-dealkylation sites (tertiary alicyclic amines) is 1. The number of methoxy groups -OCH3 is 2. The number of hydrogen-bond acceptors (Lipinski definition) is 15. The Morgan fingerprint density at radius 2 is 1.30 bits per heavy atom. The Bertz CT molecular complexity index is 3070. The zero-order valence-corrected chi connectivity index (χ0v) is 61.0. The number of hydrogen-bond donors (Lipinski definition) is 8. The average molecular weight is 1390 g/mol. The summed E-state index contributed by atoms with van der Waals surface area (Å²) in [7, 11) is 6.06. The number of nitrogens with two attached hydrogens (primary N) is 1. The predicted molar refractivity (Wildman–Crippen MR) is 374 cm³/mol. The first kappa shape index (κ1) is 83.0. The van der Waals surface area contributed by atoms with Gasteiger partial charge in [-0.15, -0.1) is 0 Å². The van der Waals surface area contributed by atoms with E-state index in [0.29, 0.717) is 56.3 Å². The first-order valence-electron chi connectivity index (χ1n) is 34.7. The molecule has 27 heteroatoms. The Morgan fingerprint density at radius 1 is 0.677 bits per heavy atom. The average Bonchev–Trinajstić information content (AvgIpc) is 1.75. The van der Waals surface area contributed by atoms with Gasteiger partial charge in [0.25, 0.3) is 11.8 Å². The number of anilines is 1. The van der Waals surface area contributed by atoms with E-state index in [1.165, 1.54) is 38.3 Å². The van der Waals surface area contributed by atoms with E-state index in [2.05, 4.69) is 37.2 Å². The summed E-state index contributed by atoms with van der Waals surface area (Å²) in [5, 5.41) is 19.7. The van der Waals surface area contributed by atoms with Crippen molar-refractivity contribution in [3.63, 3.8) is 0 Å². The molecule has 2 aromatic carbocycles. The lowest BCUT2D eigenvalue weighted by molar-refractivity contribution is -0.148. The summed E-state index contributed by atoms with van der Waals surface area (Å²) in [5.41, 5.74) is 6.42. The Morgan fingerprint density at radius 3 is 1.87 bits per heavy atom. The number of unbranched alkanes of at least 4 members (excludes halogenated alkanes) is 2. The van der Waals surface area contributed by atoms with Crippen LogP contribution in [0, 0.1) is 29.6 Å². The van der Waals surface area contributed by atoms with Crippen molar-refractivity contribution in [2.24, 2.45) is 35.3 Å². The summed E-state index contributed by atoms with van der Waals surface area (Å²) >= 11 is 0. The molecule has 1 unspecified atom stereocenters. The van der Waals surface area contributed by atoms with E-state index in [4.69, 9.17) is 19.9 Å². The number of imide groups is 1. The number of rotatable bonds is 39. The summed E-state index contributed by atoms with van der Waals surface area (Å²) in [5.74, 6) is -6.59. The molecule has 99 heavy (non-hydrogen) atoms. The Kier molecular flexibility index (Phi) is 33.5. The van der Waals surface area contributed by atoms with Crippen molar-refractivity contribution in [2.45, 2.75) is 220 Å². The lowest BCUT2D eigenvalue weighted by Crippen LogP contribution is -2.60. The normalized spacial score (nSPS) is 16.9. The molecule has 0 aromatic heterocycles. The van der Waals surface area contributed by atoms with Crippen molar-refractivity contribution in [3.05, 3.63) is 77.9 Å². The van der Waals surface area contributed by atoms with Crippen LogP contribution in [0.2, 0.25) is 0 Å². The highest BCUT2D eigenvalue weighted by molar-refractivity contribution is 6.12. The smallest absolute Gasteiger partial charge is 0.410 e. The number of carbonyl (C=O) groups is 12. The third-order valence-corrected chi connectivity index (χ3v) is 18.1. The van der Waals surface area contributed by atoms with Crippen molar-refractivity contribution >= 4 is 76.9 Å². The molecule has 2 aromatic rings. The van der Waals surface area contributed by atoms with Gasteiger partial charge in [-0.05, 0) is 106 Å². The van der Waals surface area contributed by atoms with E-state index in [1.54, 1.807) is 89.6 Å². The summed E-state index contributed by atoms with van der Waals surface area (Å²) in [4.78, 5) is 167.